The standard InChI is InChI=1S/C20H25N6O2P/c29-20-21-11-15(12-22-20)17-13-26-18(19(23-17)25-3-7-28-8-4-25)10-16(24-26)9-14-1-5-27-6-2-14/h10-14H,1-9,29H2. The van der Waals surface area contributed by atoms with Crippen LogP contribution in [-0.4, -0.2) is 64.1 Å². The lowest BCUT2D eigenvalue weighted by Crippen LogP contribution is -2.37. The van der Waals surface area contributed by atoms with Crippen LogP contribution >= 0.6 is 9.24 Å². The van der Waals surface area contributed by atoms with Crippen LogP contribution in [0.3, 0.4) is 0 Å². The number of hydrogen-bond acceptors (Lipinski definition) is 7. The normalized spacial score (nSPS) is 18.4. The average Bonchev–Trinajstić information content (AvgIpc) is 3.17. The zero-order chi connectivity index (χ0) is 19.6. The van der Waals surface area contributed by atoms with Gasteiger partial charge in [-0.2, -0.15) is 5.10 Å². The summed E-state index contributed by atoms with van der Waals surface area (Å²) in [6, 6.07) is 2.19. The molecule has 0 N–H and O–H groups in total. The van der Waals surface area contributed by atoms with Crippen molar-refractivity contribution in [3.8, 4) is 11.3 Å². The van der Waals surface area contributed by atoms with E-state index < -0.39 is 0 Å². The molecule has 1 unspecified atom stereocenters. The zero-order valence-corrected chi connectivity index (χ0v) is 17.5. The van der Waals surface area contributed by atoms with Crippen LogP contribution in [0.1, 0.15) is 18.5 Å². The van der Waals surface area contributed by atoms with Crippen LogP contribution in [0.25, 0.3) is 16.8 Å². The molecule has 2 aliphatic heterocycles. The van der Waals surface area contributed by atoms with Gasteiger partial charge in [0.2, 0.25) is 0 Å². The summed E-state index contributed by atoms with van der Waals surface area (Å²) in [4.78, 5) is 15.9. The second-order valence-corrected chi connectivity index (χ2v) is 8.12. The Hall–Kier alpha value is -2.15. The lowest BCUT2D eigenvalue weighted by Gasteiger charge is -2.28. The first-order valence-electron chi connectivity index (χ1n) is 10.1. The summed E-state index contributed by atoms with van der Waals surface area (Å²) in [5, 5.41) is 4.90. The summed E-state index contributed by atoms with van der Waals surface area (Å²) in [6.07, 6.45) is 8.78. The molecule has 3 aromatic heterocycles. The Labute approximate surface area is 171 Å². The minimum absolute atomic E-state index is 0.635. The molecular weight excluding hydrogens is 387 g/mol. The van der Waals surface area contributed by atoms with Crippen molar-refractivity contribution >= 4 is 26.1 Å². The van der Waals surface area contributed by atoms with E-state index in [1.807, 2.05) is 10.7 Å². The van der Waals surface area contributed by atoms with Crippen LogP contribution in [0.2, 0.25) is 0 Å². The summed E-state index contributed by atoms with van der Waals surface area (Å²) in [6.45, 7) is 4.79. The Balaban J connectivity index is 1.54. The smallest absolute Gasteiger partial charge is 0.155 e. The number of morpholine rings is 1. The molecule has 2 saturated heterocycles. The lowest BCUT2D eigenvalue weighted by molar-refractivity contribution is 0.0662. The van der Waals surface area contributed by atoms with Gasteiger partial charge in [0, 0.05) is 44.3 Å². The largest absolute Gasteiger partial charge is 0.381 e. The van der Waals surface area contributed by atoms with Gasteiger partial charge in [-0.05, 0) is 31.2 Å². The third kappa shape index (κ3) is 4.10. The quantitative estimate of drug-likeness (QED) is 0.601. The van der Waals surface area contributed by atoms with E-state index in [1.54, 1.807) is 12.4 Å². The number of fused-ring (bicyclic) bond motifs is 1. The maximum atomic E-state index is 5.54. The van der Waals surface area contributed by atoms with Crippen molar-refractivity contribution in [1.29, 1.82) is 0 Å². The van der Waals surface area contributed by atoms with Crippen molar-refractivity contribution in [2.24, 2.45) is 5.92 Å². The Morgan fingerprint density at radius 2 is 1.76 bits per heavy atom. The first kappa shape index (κ1) is 18.9. The molecule has 152 valence electrons. The lowest BCUT2D eigenvalue weighted by atomic mass is 9.95. The second-order valence-electron chi connectivity index (χ2n) is 7.60. The van der Waals surface area contributed by atoms with E-state index in [2.05, 4.69) is 30.2 Å². The molecule has 1 atom stereocenters. The summed E-state index contributed by atoms with van der Waals surface area (Å²) in [5.41, 5.74) is 4.53. The molecule has 3 aromatic rings. The molecule has 0 amide bonds. The van der Waals surface area contributed by atoms with E-state index >= 15 is 0 Å². The molecule has 2 aliphatic rings. The third-order valence-electron chi connectivity index (χ3n) is 5.60. The minimum atomic E-state index is 0.635. The molecule has 0 bridgehead atoms. The summed E-state index contributed by atoms with van der Waals surface area (Å²) in [5.74, 6) is 1.59. The van der Waals surface area contributed by atoms with E-state index in [1.165, 1.54) is 0 Å². The second kappa shape index (κ2) is 8.30. The van der Waals surface area contributed by atoms with Gasteiger partial charge in [-0.1, -0.05) is 9.24 Å². The first-order valence-corrected chi connectivity index (χ1v) is 10.7. The number of rotatable bonds is 4. The first-order chi connectivity index (χ1) is 14.3. The van der Waals surface area contributed by atoms with Gasteiger partial charge in [0.1, 0.15) is 11.1 Å². The van der Waals surface area contributed by atoms with Crippen LogP contribution in [-0.2, 0) is 15.9 Å². The third-order valence-corrected chi connectivity index (χ3v) is 5.90. The Morgan fingerprint density at radius 1 is 1.03 bits per heavy atom. The van der Waals surface area contributed by atoms with Gasteiger partial charge in [-0.15, -0.1) is 0 Å². The van der Waals surface area contributed by atoms with Crippen molar-refractivity contribution in [1.82, 2.24) is 24.6 Å². The maximum Gasteiger partial charge on any atom is 0.155 e. The monoisotopic (exact) mass is 412 g/mol. The van der Waals surface area contributed by atoms with Gasteiger partial charge in [0.15, 0.2) is 5.82 Å². The van der Waals surface area contributed by atoms with Crippen LogP contribution in [0.5, 0.6) is 0 Å². The van der Waals surface area contributed by atoms with Gasteiger partial charge >= 0.3 is 0 Å². The molecule has 0 radical (unpaired) electrons. The average molecular weight is 412 g/mol. The predicted molar refractivity (Wildman–Crippen MR) is 114 cm³/mol. The Kier molecular flexibility index (Phi) is 5.40. The topological polar surface area (TPSA) is 77.7 Å². The van der Waals surface area contributed by atoms with Crippen molar-refractivity contribution < 1.29 is 9.47 Å². The van der Waals surface area contributed by atoms with Gasteiger partial charge in [-0.25, -0.2) is 19.5 Å². The fourth-order valence-corrected chi connectivity index (χ4v) is 4.14. The molecule has 2 fully saturated rings. The highest BCUT2D eigenvalue weighted by atomic mass is 31.0. The summed E-state index contributed by atoms with van der Waals surface area (Å²) >= 11 is 0. The van der Waals surface area contributed by atoms with Gasteiger partial charge in [0.05, 0.1) is 30.8 Å². The van der Waals surface area contributed by atoms with E-state index in [-0.39, 0.29) is 0 Å². The summed E-state index contributed by atoms with van der Waals surface area (Å²) in [7, 11) is 2.51. The van der Waals surface area contributed by atoms with Crippen LogP contribution in [0.4, 0.5) is 5.82 Å². The van der Waals surface area contributed by atoms with Gasteiger partial charge in [0.25, 0.3) is 0 Å². The van der Waals surface area contributed by atoms with Gasteiger partial charge < -0.3 is 14.4 Å². The number of nitrogens with zero attached hydrogens (tertiary/aromatic N) is 6. The zero-order valence-electron chi connectivity index (χ0n) is 16.3. The molecule has 0 aliphatic carbocycles. The van der Waals surface area contributed by atoms with E-state index in [0.29, 0.717) is 24.7 Å². The predicted octanol–water partition coefficient (Wildman–Crippen LogP) is 1.49. The molecule has 5 heterocycles. The fraction of sp³-hybridized carbons (Fsp3) is 0.500. The Morgan fingerprint density at radius 3 is 2.52 bits per heavy atom. The van der Waals surface area contributed by atoms with E-state index in [4.69, 9.17) is 19.6 Å². The molecule has 9 heteroatoms. The summed E-state index contributed by atoms with van der Waals surface area (Å²) < 4.78 is 13.0. The van der Waals surface area contributed by atoms with Crippen LogP contribution in [0.15, 0.2) is 24.7 Å². The minimum Gasteiger partial charge on any atom is -0.381 e. The molecule has 29 heavy (non-hydrogen) atoms. The van der Waals surface area contributed by atoms with Crippen molar-refractivity contribution in [2.45, 2.75) is 19.3 Å². The fourth-order valence-electron chi connectivity index (χ4n) is 3.99. The molecule has 5 rings (SSSR count). The molecule has 0 saturated carbocycles. The number of aromatic nitrogens is 5. The molecule has 0 spiro atoms. The van der Waals surface area contributed by atoms with E-state index in [0.717, 1.165) is 73.9 Å². The number of hydrogen-bond donors (Lipinski definition) is 0. The van der Waals surface area contributed by atoms with Gasteiger partial charge in [-0.3, -0.25) is 0 Å². The van der Waals surface area contributed by atoms with Crippen molar-refractivity contribution in [3.63, 3.8) is 0 Å². The SMILES string of the molecule is Pc1ncc(-c2cn3nc(CC4CCOCC4)cc3c(N3CCOCC3)n2)cn1. The van der Waals surface area contributed by atoms with Crippen LogP contribution < -0.4 is 10.5 Å². The maximum absolute atomic E-state index is 5.54. The highest BCUT2D eigenvalue weighted by Gasteiger charge is 2.21. The molecular formula is C20H25N6O2P. The van der Waals surface area contributed by atoms with Crippen molar-refractivity contribution in [2.75, 3.05) is 44.4 Å². The number of ether oxygens (including phenoxy) is 2. The van der Waals surface area contributed by atoms with E-state index in [9.17, 15) is 0 Å². The number of anilines is 1. The highest BCUT2D eigenvalue weighted by Crippen LogP contribution is 2.27. The highest BCUT2D eigenvalue weighted by molar-refractivity contribution is 7.26. The molecule has 0 aromatic carbocycles. The van der Waals surface area contributed by atoms with Crippen molar-refractivity contribution in [3.05, 3.63) is 30.4 Å². The van der Waals surface area contributed by atoms with Crippen LogP contribution in [0, 0.1) is 5.92 Å². The molecule has 8 nitrogen and oxygen atoms in total. The Bertz CT molecular complexity index is 981.